The van der Waals surface area contributed by atoms with Gasteiger partial charge in [-0.25, -0.2) is 0 Å². The molecule has 0 nitrogen and oxygen atoms in total. The molecule has 0 aliphatic heterocycles. The van der Waals surface area contributed by atoms with Crippen LogP contribution in [-0.2, 0) is 47.9 Å². The van der Waals surface area contributed by atoms with E-state index in [4.69, 9.17) is 0 Å². The van der Waals surface area contributed by atoms with E-state index in [1.165, 1.54) is 66.8 Å². The second kappa shape index (κ2) is 14.1. The van der Waals surface area contributed by atoms with Crippen molar-refractivity contribution in [2.75, 3.05) is 0 Å². The van der Waals surface area contributed by atoms with Gasteiger partial charge in [-0.3, -0.25) is 0 Å². The average molecular weight is 773 g/mol. The molecule has 0 radical (unpaired) electrons. The van der Waals surface area contributed by atoms with Crippen molar-refractivity contribution in [2.24, 2.45) is 0 Å². The van der Waals surface area contributed by atoms with Crippen molar-refractivity contribution >= 4 is 0 Å². The summed E-state index contributed by atoms with van der Waals surface area (Å²) >= 11 is 0. The van der Waals surface area contributed by atoms with Crippen LogP contribution < -0.4 is 24.8 Å². The summed E-state index contributed by atoms with van der Waals surface area (Å²) < 4.78 is 0. The normalized spacial score (nSPS) is 16.4. The van der Waals surface area contributed by atoms with Gasteiger partial charge in [-0.15, -0.1) is 0 Å². The Bertz CT molecular complexity index is 1710. The van der Waals surface area contributed by atoms with E-state index in [0.717, 1.165) is 12.8 Å². The molecule has 0 saturated carbocycles. The number of hydrogen-bond donors (Lipinski definition) is 0. The fraction of sp³-hybridized carbons (Fsp3) is 0.478. The van der Waals surface area contributed by atoms with E-state index in [1.807, 2.05) is 0 Å². The Morgan fingerprint density at radius 3 is 0.980 bits per heavy atom. The predicted octanol–water partition coefficient (Wildman–Crippen LogP) is 7.20. The van der Waals surface area contributed by atoms with Gasteiger partial charge in [0.25, 0.3) is 0 Å². The number of aryl methyl sites for hydroxylation is 2. The van der Waals surface area contributed by atoms with Crippen LogP contribution in [0.25, 0.3) is 22.3 Å². The monoisotopic (exact) mass is 770 g/mol. The Morgan fingerprint density at radius 1 is 0.408 bits per heavy atom. The second-order valence-corrected chi connectivity index (χ2v) is 18.8. The molecule has 2 atom stereocenters. The van der Waals surface area contributed by atoms with Crippen molar-refractivity contribution < 1.29 is 51.0 Å². The molecule has 2 unspecified atom stereocenters. The van der Waals surface area contributed by atoms with Crippen LogP contribution in [0.15, 0.2) is 60.7 Å². The van der Waals surface area contributed by atoms with Gasteiger partial charge in [-0.1, -0.05) is 144 Å². The first-order valence-electron chi connectivity index (χ1n) is 17.8. The van der Waals surface area contributed by atoms with Gasteiger partial charge in [0.2, 0.25) is 0 Å². The molecule has 0 amide bonds. The van der Waals surface area contributed by atoms with Crippen molar-refractivity contribution in [2.45, 2.75) is 143 Å². The minimum absolute atomic E-state index is 0. The van der Waals surface area contributed by atoms with Crippen molar-refractivity contribution in [3.8, 4) is 22.3 Å². The maximum atomic E-state index is 2.57. The molecule has 49 heavy (non-hydrogen) atoms. The summed E-state index contributed by atoms with van der Waals surface area (Å²) in [5.41, 5.74) is 21.2. The predicted molar refractivity (Wildman–Crippen MR) is 201 cm³/mol. The third-order valence-corrected chi connectivity index (χ3v) is 11.1. The topological polar surface area (TPSA) is 0 Å². The molecule has 0 fully saturated rings. The van der Waals surface area contributed by atoms with Gasteiger partial charge < -0.3 is 24.8 Å². The maximum absolute atomic E-state index is 2.57. The molecule has 6 rings (SSSR count). The van der Waals surface area contributed by atoms with Crippen molar-refractivity contribution in [3.05, 3.63) is 116 Å². The molecular formula is C46H58Cl2Zr. The third kappa shape index (κ3) is 7.62. The summed E-state index contributed by atoms with van der Waals surface area (Å²) in [7, 11) is 0. The molecule has 0 spiro atoms. The van der Waals surface area contributed by atoms with E-state index < -0.39 is 0 Å². The average Bonchev–Trinajstić information content (AvgIpc) is 3.41. The molecule has 3 heteroatoms. The zero-order valence-electron chi connectivity index (χ0n) is 32.6. The first kappa shape index (κ1) is 41.8. The molecule has 0 bridgehead atoms. The van der Waals surface area contributed by atoms with Gasteiger partial charge in [0.05, 0.1) is 0 Å². The third-order valence-electron chi connectivity index (χ3n) is 11.1. The van der Waals surface area contributed by atoms with Crippen LogP contribution in [-0.4, -0.2) is 0 Å². The molecule has 0 N–H and O–H groups in total. The van der Waals surface area contributed by atoms with Crippen LogP contribution in [0.3, 0.4) is 0 Å². The van der Waals surface area contributed by atoms with Crippen molar-refractivity contribution in [1.29, 1.82) is 0 Å². The SMILES string of the molecule is Cc1cc(C(C)(C)C)cc2c1-c1ccc(C(C)(C)C)cc1C2CCC1c2cc(C(C)(C)C)ccc2-c2c(C)cc(C(C)(C)C)cc21.[Cl-].[Cl-].[Zr+2]. The first-order chi connectivity index (χ1) is 21.2. The van der Waals surface area contributed by atoms with Gasteiger partial charge >= 0.3 is 26.2 Å². The maximum Gasteiger partial charge on any atom is 2.00 e. The van der Waals surface area contributed by atoms with E-state index in [9.17, 15) is 0 Å². The van der Waals surface area contributed by atoms with E-state index in [2.05, 4.69) is 158 Å². The molecule has 0 heterocycles. The smallest absolute Gasteiger partial charge is 1.00 e. The van der Waals surface area contributed by atoms with Gasteiger partial charge in [-0.2, -0.15) is 0 Å². The Hall–Kier alpha value is -1.66. The summed E-state index contributed by atoms with van der Waals surface area (Å²) in [6.07, 6.45) is 2.28. The van der Waals surface area contributed by atoms with E-state index >= 15 is 0 Å². The Labute approximate surface area is 330 Å². The minimum atomic E-state index is 0. The van der Waals surface area contributed by atoms with Crippen LogP contribution in [0.2, 0.25) is 0 Å². The molecule has 2 aliphatic rings. The summed E-state index contributed by atoms with van der Waals surface area (Å²) in [5.74, 6) is 0.803. The van der Waals surface area contributed by atoms with Gasteiger partial charge in [-0.05, 0) is 126 Å². The number of fused-ring (bicyclic) bond motifs is 6. The molecular weight excluding hydrogens is 715 g/mol. The van der Waals surface area contributed by atoms with Crippen LogP contribution in [0.4, 0.5) is 0 Å². The summed E-state index contributed by atoms with van der Waals surface area (Å²) in [4.78, 5) is 0. The van der Waals surface area contributed by atoms with Crippen LogP contribution in [0, 0.1) is 13.8 Å². The van der Waals surface area contributed by atoms with E-state index in [-0.39, 0.29) is 72.7 Å². The largest absolute Gasteiger partial charge is 2.00 e. The van der Waals surface area contributed by atoms with Gasteiger partial charge in [0.1, 0.15) is 0 Å². The standard InChI is InChI=1S/C46H58.2ClH.Zr/c1-27-21-31(45(9,10)11)25-39-33(37-23-29(43(3,4)5)15-17-35(37)41(27)39)19-20-34-38-24-30(44(6,7)8)16-18-36(38)42-28(2)22-32(26-40(34)42)46(12,13)14;;;/h15-18,21-26,33-34H,19-20H2,1-14H3;2*1H;/q;;;+2/p-2. The first-order valence-corrected chi connectivity index (χ1v) is 17.8. The second-order valence-electron chi connectivity index (χ2n) is 18.8. The van der Waals surface area contributed by atoms with Crippen LogP contribution in [0.5, 0.6) is 0 Å². The molecule has 4 aromatic rings. The quantitative estimate of drug-likeness (QED) is 0.207. The van der Waals surface area contributed by atoms with Gasteiger partial charge in [0.15, 0.2) is 0 Å². The molecule has 2 aliphatic carbocycles. The van der Waals surface area contributed by atoms with E-state index in [1.54, 1.807) is 11.1 Å². The number of halogens is 2. The van der Waals surface area contributed by atoms with Crippen molar-refractivity contribution in [3.63, 3.8) is 0 Å². The van der Waals surface area contributed by atoms with Crippen LogP contribution in [0.1, 0.15) is 163 Å². The Kier molecular flexibility index (Phi) is 12.0. The zero-order valence-corrected chi connectivity index (χ0v) is 36.6. The van der Waals surface area contributed by atoms with Crippen molar-refractivity contribution in [1.82, 2.24) is 0 Å². The zero-order chi connectivity index (χ0) is 33.7. The Balaban J connectivity index is 0.00000217. The van der Waals surface area contributed by atoms with Crippen LogP contribution >= 0.6 is 0 Å². The van der Waals surface area contributed by atoms with Gasteiger partial charge in [0, 0.05) is 11.8 Å². The van der Waals surface area contributed by atoms with E-state index in [0.29, 0.717) is 11.8 Å². The Morgan fingerprint density at radius 2 is 0.694 bits per heavy atom. The fourth-order valence-electron chi connectivity index (χ4n) is 8.16. The molecule has 260 valence electrons. The minimum Gasteiger partial charge on any atom is -1.00 e. The summed E-state index contributed by atoms with van der Waals surface area (Å²) in [5, 5.41) is 0. The summed E-state index contributed by atoms with van der Waals surface area (Å²) in [6, 6.07) is 24.8. The molecule has 4 aromatic carbocycles. The fourth-order valence-corrected chi connectivity index (χ4v) is 8.16. The molecule has 0 saturated heterocycles. The number of rotatable bonds is 3. The summed E-state index contributed by atoms with van der Waals surface area (Å²) in [6.45, 7) is 32.9. The number of hydrogen-bond acceptors (Lipinski definition) is 0. The molecule has 0 aromatic heterocycles. The number of benzene rings is 4.